The molecule has 7 heteroatoms. The van der Waals surface area contributed by atoms with E-state index >= 15 is 0 Å². The molecule has 0 radical (unpaired) electrons. The summed E-state index contributed by atoms with van der Waals surface area (Å²) in [5.41, 5.74) is 1.35. The molecule has 0 N–H and O–H groups in total. The van der Waals surface area contributed by atoms with Gasteiger partial charge in [0.15, 0.2) is 0 Å². The number of carbonyl (C=O) groups is 1. The van der Waals surface area contributed by atoms with Crippen LogP contribution in [0, 0.1) is 6.92 Å². The normalized spacial score (nSPS) is 10.4. The molecule has 2 rings (SSSR count). The number of esters is 1. The molecule has 0 aliphatic carbocycles. The van der Waals surface area contributed by atoms with Gasteiger partial charge in [0.2, 0.25) is 0 Å². The van der Waals surface area contributed by atoms with Crippen molar-refractivity contribution in [2.45, 2.75) is 13.8 Å². The fourth-order valence-corrected chi connectivity index (χ4v) is 1.69. The molecular weight excluding hydrogens is 258 g/mol. The van der Waals surface area contributed by atoms with E-state index in [1.54, 1.807) is 22.7 Å². The zero-order chi connectivity index (χ0) is 14.7. The first-order valence-electron chi connectivity index (χ1n) is 6.26. The molecule has 0 amide bonds. The Balaban J connectivity index is 2.45. The molecule has 0 atom stereocenters. The molecule has 2 aromatic rings. The van der Waals surface area contributed by atoms with Crippen molar-refractivity contribution >= 4 is 11.8 Å². The molecule has 0 aromatic carbocycles. The maximum Gasteiger partial charge on any atom is 0.343 e. The van der Waals surface area contributed by atoms with Gasteiger partial charge in [0.05, 0.1) is 12.8 Å². The summed E-state index contributed by atoms with van der Waals surface area (Å²) in [5.74, 6) is 0.482. The number of anilines is 1. The van der Waals surface area contributed by atoms with Crippen molar-refractivity contribution in [2.24, 2.45) is 0 Å². The summed E-state index contributed by atoms with van der Waals surface area (Å²) in [7, 11) is 3.62. The molecule has 0 aliphatic rings. The van der Waals surface area contributed by atoms with Crippen molar-refractivity contribution in [3.05, 3.63) is 29.7 Å². The SMILES string of the molecule is CCOC(=O)c1cnc(-n2cc(C)cn2)nc1N(C)C. The first kappa shape index (κ1) is 14.0. The van der Waals surface area contributed by atoms with Crippen LogP contribution in [0.5, 0.6) is 0 Å². The van der Waals surface area contributed by atoms with Crippen LogP contribution in [0.15, 0.2) is 18.6 Å². The topological polar surface area (TPSA) is 73.1 Å². The lowest BCUT2D eigenvalue weighted by atomic mass is 10.3. The Labute approximate surface area is 117 Å². The lowest BCUT2D eigenvalue weighted by Crippen LogP contribution is -2.19. The van der Waals surface area contributed by atoms with Gasteiger partial charge in [0.25, 0.3) is 5.95 Å². The average Bonchev–Trinajstić information content (AvgIpc) is 2.85. The van der Waals surface area contributed by atoms with Crippen LogP contribution in [0.25, 0.3) is 5.95 Å². The van der Waals surface area contributed by atoms with E-state index < -0.39 is 5.97 Å². The lowest BCUT2D eigenvalue weighted by molar-refractivity contribution is 0.0526. The molecule has 0 saturated heterocycles. The molecule has 0 spiro atoms. The smallest absolute Gasteiger partial charge is 0.343 e. The maximum absolute atomic E-state index is 11.9. The van der Waals surface area contributed by atoms with Gasteiger partial charge in [-0.15, -0.1) is 0 Å². The number of aromatic nitrogens is 4. The Morgan fingerprint density at radius 1 is 1.40 bits per heavy atom. The first-order chi connectivity index (χ1) is 9.52. The van der Waals surface area contributed by atoms with Crippen LogP contribution >= 0.6 is 0 Å². The van der Waals surface area contributed by atoms with Gasteiger partial charge in [-0.05, 0) is 19.4 Å². The summed E-state index contributed by atoms with van der Waals surface area (Å²) in [6.45, 7) is 4.00. The second kappa shape index (κ2) is 5.68. The minimum atomic E-state index is -0.431. The van der Waals surface area contributed by atoms with Crippen LogP contribution in [0.1, 0.15) is 22.8 Å². The zero-order valence-corrected chi connectivity index (χ0v) is 12.0. The Bertz CT molecular complexity index is 621. The van der Waals surface area contributed by atoms with Crippen LogP contribution in [0.3, 0.4) is 0 Å². The van der Waals surface area contributed by atoms with E-state index in [1.165, 1.54) is 6.20 Å². The second-order valence-electron chi connectivity index (χ2n) is 4.48. The number of ether oxygens (including phenoxy) is 1. The van der Waals surface area contributed by atoms with Crippen molar-refractivity contribution in [3.8, 4) is 5.95 Å². The zero-order valence-electron chi connectivity index (χ0n) is 12.0. The molecule has 0 bridgehead atoms. The standard InChI is InChI=1S/C13H17N5O2/c1-5-20-12(19)10-7-14-13(16-11(10)17(3)4)18-8-9(2)6-15-18/h6-8H,5H2,1-4H3. The Morgan fingerprint density at radius 3 is 2.70 bits per heavy atom. The van der Waals surface area contributed by atoms with Crippen LogP contribution < -0.4 is 4.90 Å². The van der Waals surface area contributed by atoms with E-state index in [9.17, 15) is 4.79 Å². The number of hydrogen-bond donors (Lipinski definition) is 0. The molecule has 7 nitrogen and oxygen atoms in total. The van der Waals surface area contributed by atoms with E-state index in [1.807, 2.05) is 27.2 Å². The minimum Gasteiger partial charge on any atom is -0.462 e. The van der Waals surface area contributed by atoms with E-state index in [-0.39, 0.29) is 0 Å². The predicted molar refractivity (Wildman–Crippen MR) is 74.2 cm³/mol. The lowest BCUT2D eigenvalue weighted by Gasteiger charge is -2.15. The van der Waals surface area contributed by atoms with Gasteiger partial charge in [-0.3, -0.25) is 0 Å². The van der Waals surface area contributed by atoms with Crippen molar-refractivity contribution in [3.63, 3.8) is 0 Å². The minimum absolute atomic E-state index is 0.311. The third kappa shape index (κ3) is 2.76. The van der Waals surface area contributed by atoms with Crippen molar-refractivity contribution in [2.75, 3.05) is 25.6 Å². The molecule has 0 fully saturated rings. The molecular formula is C13H17N5O2. The third-order valence-corrected chi connectivity index (χ3v) is 2.59. The highest BCUT2D eigenvalue weighted by Crippen LogP contribution is 2.17. The van der Waals surface area contributed by atoms with Crippen LogP contribution in [-0.2, 0) is 4.74 Å². The fraction of sp³-hybridized carbons (Fsp3) is 0.385. The summed E-state index contributed by atoms with van der Waals surface area (Å²) in [6.07, 6.45) is 5.00. The number of hydrogen-bond acceptors (Lipinski definition) is 6. The van der Waals surface area contributed by atoms with Crippen LogP contribution in [-0.4, -0.2) is 46.4 Å². The van der Waals surface area contributed by atoms with Crippen LogP contribution in [0.4, 0.5) is 5.82 Å². The monoisotopic (exact) mass is 275 g/mol. The first-order valence-corrected chi connectivity index (χ1v) is 6.26. The molecule has 2 heterocycles. The number of nitrogens with zero attached hydrogens (tertiary/aromatic N) is 5. The predicted octanol–water partition coefficient (Wildman–Crippen LogP) is 1.21. The van der Waals surface area contributed by atoms with E-state index in [2.05, 4.69) is 15.1 Å². The Kier molecular flexibility index (Phi) is 3.97. The van der Waals surface area contributed by atoms with E-state index in [0.717, 1.165) is 5.56 Å². The van der Waals surface area contributed by atoms with Gasteiger partial charge in [0.1, 0.15) is 11.4 Å². The van der Waals surface area contributed by atoms with Gasteiger partial charge >= 0.3 is 5.97 Å². The number of carbonyl (C=O) groups excluding carboxylic acids is 1. The van der Waals surface area contributed by atoms with Crippen molar-refractivity contribution in [1.29, 1.82) is 0 Å². The molecule has 106 valence electrons. The quantitative estimate of drug-likeness (QED) is 0.781. The maximum atomic E-state index is 11.9. The van der Waals surface area contributed by atoms with Crippen molar-refractivity contribution in [1.82, 2.24) is 19.7 Å². The molecule has 0 unspecified atom stereocenters. The molecule has 2 aromatic heterocycles. The van der Waals surface area contributed by atoms with Crippen molar-refractivity contribution < 1.29 is 9.53 Å². The highest BCUT2D eigenvalue weighted by atomic mass is 16.5. The fourth-order valence-electron chi connectivity index (χ4n) is 1.69. The summed E-state index contributed by atoms with van der Waals surface area (Å²) in [4.78, 5) is 22.2. The number of aryl methyl sites for hydroxylation is 1. The molecule has 20 heavy (non-hydrogen) atoms. The second-order valence-corrected chi connectivity index (χ2v) is 4.48. The molecule has 0 aliphatic heterocycles. The highest BCUT2D eigenvalue weighted by molar-refractivity contribution is 5.94. The van der Waals surface area contributed by atoms with E-state index in [4.69, 9.17) is 4.74 Å². The summed E-state index contributed by atoms with van der Waals surface area (Å²) < 4.78 is 6.57. The Hall–Kier alpha value is -2.44. The average molecular weight is 275 g/mol. The van der Waals surface area contributed by atoms with Gasteiger partial charge < -0.3 is 9.64 Å². The summed E-state index contributed by atoms with van der Waals surface area (Å²) >= 11 is 0. The summed E-state index contributed by atoms with van der Waals surface area (Å²) in [5, 5.41) is 4.15. The molecule has 0 saturated carbocycles. The van der Waals surface area contributed by atoms with Gasteiger partial charge in [-0.1, -0.05) is 0 Å². The highest BCUT2D eigenvalue weighted by Gasteiger charge is 2.18. The summed E-state index contributed by atoms with van der Waals surface area (Å²) in [6, 6.07) is 0. The number of rotatable bonds is 4. The largest absolute Gasteiger partial charge is 0.462 e. The van der Waals surface area contributed by atoms with Crippen LogP contribution in [0.2, 0.25) is 0 Å². The van der Waals surface area contributed by atoms with Gasteiger partial charge in [-0.2, -0.15) is 10.1 Å². The van der Waals surface area contributed by atoms with E-state index in [0.29, 0.717) is 23.9 Å². The van der Waals surface area contributed by atoms with Gasteiger partial charge in [0, 0.05) is 26.5 Å². The third-order valence-electron chi connectivity index (χ3n) is 2.59. The Morgan fingerprint density at radius 2 is 2.15 bits per heavy atom. The van der Waals surface area contributed by atoms with Gasteiger partial charge in [-0.25, -0.2) is 14.5 Å².